The molecule has 0 aromatic heterocycles. The monoisotopic (exact) mass is 312 g/mol. The molecule has 0 aliphatic heterocycles. The summed E-state index contributed by atoms with van der Waals surface area (Å²) in [6.45, 7) is 11.1. The van der Waals surface area contributed by atoms with E-state index >= 15 is 0 Å². The Morgan fingerprint density at radius 2 is 1.94 bits per heavy atom. The second kappa shape index (κ2) is 7.15. The Balaban J connectivity index is 3.12. The van der Waals surface area contributed by atoms with Crippen LogP contribution in [-0.4, -0.2) is 20.1 Å². The van der Waals surface area contributed by atoms with Crippen LogP contribution in [0.5, 0.6) is 0 Å². The smallest absolute Gasteiger partial charge is 0.0415 e. The summed E-state index contributed by atoms with van der Waals surface area (Å²) >= 11 is 3.57. The van der Waals surface area contributed by atoms with E-state index in [1.807, 2.05) is 7.05 Å². The number of nitrogens with zero attached hydrogens (tertiary/aromatic N) is 1. The normalized spacial score (nSPS) is 12.8. The van der Waals surface area contributed by atoms with Crippen molar-refractivity contribution in [2.45, 2.75) is 33.7 Å². The van der Waals surface area contributed by atoms with E-state index < -0.39 is 0 Å². The maximum Gasteiger partial charge on any atom is 0.0415 e. The predicted molar refractivity (Wildman–Crippen MR) is 84.3 cm³/mol. The molecule has 0 aliphatic rings. The highest BCUT2D eigenvalue weighted by atomic mass is 79.9. The van der Waals surface area contributed by atoms with Crippen LogP contribution in [0.25, 0.3) is 0 Å². The highest BCUT2D eigenvalue weighted by molar-refractivity contribution is 9.10. The van der Waals surface area contributed by atoms with Crippen LogP contribution in [0.1, 0.15) is 39.3 Å². The second-order valence-corrected chi connectivity index (χ2v) is 6.06. The summed E-state index contributed by atoms with van der Waals surface area (Å²) in [5.74, 6) is 0.673. The molecule has 0 fully saturated rings. The van der Waals surface area contributed by atoms with Crippen molar-refractivity contribution in [1.82, 2.24) is 5.32 Å². The van der Waals surface area contributed by atoms with E-state index in [4.69, 9.17) is 0 Å². The average molecular weight is 313 g/mol. The van der Waals surface area contributed by atoms with Gasteiger partial charge in [-0.1, -0.05) is 29.8 Å². The Hall–Kier alpha value is -0.540. The quantitative estimate of drug-likeness (QED) is 0.846. The van der Waals surface area contributed by atoms with Crippen molar-refractivity contribution in [2.24, 2.45) is 5.92 Å². The molecule has 102 valence electrons. The van der Waals surface area contributed by atoms with E-state index in [2.05, 4.69) is 72.0 Å². The van der Waals surface area contributed by atoms with Crippen LogP contribution >= 0.6 is 15.9 Å². The van der Waals surface area contributed by atoms with Crippen molar-refractivity contribution in [2.75, 3.05) is 25.0 Å². The molecule has 1 aromatic rings. The minimum absolute atomic E-state index is 0.360. The van der Waals surface area contributed by atoms with Gasteiger partial charge in [-0.2, -0.15) is 0 Å². The molecule has 0 aliphatic carbocycles. The molecule has 0 saturated carbocycles. The lowest BCUT2D eigenvalue weighted by molar-refractivity contribution is 0.606. The van der Waals surface area contributed by atoms with Gasteiger partial charge >= 0.3 is 0 Å². The fourth-order valence-corrected chi connectivity index (χ4v) is 2.53. The van der Waals surface area contributed by atoms with Gasteiger partial charge in [-0.3, -0.25) is 0 Å². The van der Waals surface area contributed by atoms with Crippen molar-refractivity contribution in [3.05, 3.63) is 28.2 Å². The Morgan fingerprint density at radius 3 is 2.44 bits per heavy atom. The van der Waals surface area contributed by atoms with Gasteiger partial charge in [0.25, 0.3) is 0 Å². The minimum Gasteiger partial charge on any atom is -0.371 e. The topological polar surface area (TPSA) is 15.3 Å². The average Bonchev–Trinajstić information content (AvgIpc) is 2.35. The fraction of sp³-hybridized carbons (Fsp3) is 0.600. The zero-order chi connectivity index (χ0) is 13.7. The molecular formula is C15H25BrN2. The molecule has 0 saturated heterocycles. The largest absolute Gasteiger partial charge is 0.371 e. The summed E-state index contributed by atoms with van der Waals surface area (Å²) in [6.07, 6.45) is 0. The van der Waals surface area contributed by atoms with Gasteiger partial charge in [-0.05, 0) is 50.6 Å². The SMILES string of the molecule is CCN(CC(C)C)c1ccc(Br)cc1C(C)NC. The molecule has 1 aromatic carbocycles. The number of rotatable bonds is 6. The molecule has 1 N–H and O–H groups in total. The van der Waals surface area contributed by atoms with Gasteiger partial charge in [0, 0.05) is 29.3 Å². The van der Waals surface area contributed by atoms with Crippen LogP contribution in [0.2, 0.25) is 0 Å². The number of anilines is 1. The van der Waals surface area contributed by atoms with Crippen LogP contribution in [-0.2, 0) is 0 Å². The summed E-state index contributed by atoms with van der Waals surface area (Å²) < 4.78 is 1.14. The molecule has 0 radical (unpaired) electrons. The van der Waals surface area contributed by atoms with Gasteiger partial charge in [0.1, 0.15) is 0 Å². The van der Waals surface area contributed by atoms with Crippen LogP contribution < -0.4 is 10.2 Å². The van der Waals surface area contributed by atoms with Gasteiger partial charge in [-0.15, -0.1) is 0 Å². The van der Waals surface area contributed by atoms with Crippen LogP contribution in [0.15, 0.2) is 22.7 Å². The van der Waals surface area contributed by atoms with E-state index in [1.54, 1.807) is 0 Å². The van der Waals surface area contributed by atoms with Gasteiger partial charge < -0.3 is 10.2 Å². The number of hydrogen-bond donors (Lipinski definition) is 1. The lowest BCUT2D eigenvalue weighted by atomic mass is 10.0. The van der Waals surface area contributed by atoms with Gasteiger partial charge in [0.15, 0.2) is 0 Å². The van der Waals surface area contributed by atoms with E-state index in [9.17, 15) is 0 Å². The lowest BCUT2D eigenvalue weighted by Crippen LogP contribution is -2.29. The molecule has 0 spiro atoms. The Labute approximate surface area is 120 Å². The molecule has 0 amide bonds. The molecule has 0 bridgehead atoms. The summed E-state index contributed by atoms with van der Waals surface area (Å²) in [6, 6.07) is 6.93. The molecule has 1 atom stereocenters. The Kier molecular flexibility index (Phi) is 6.16. The van der Waals surface area contributed by atoms with Crippen LogP contribution in [0.4, 0.5) is 5.69 Å². The third-order valence-electron chi connectivity index (χ3n) is 3.20. The van der Waals surface area contributed by atoms with Crippen LogP contribution in [0.3, 0.4) is 0 Å². The van der Waals surface area contributed by atoms with Crippen molar-refractivity contribution in [3.8, 4) is 0 Å². The minimum atomic E-state index is 0.360. The molecular weight excluding hydrogens is 288 g/mol. The van der Waals surface area contributed by atoms with Crippen molar-refractivity contribution < 1.29 is 0 Å². The Bertz CT molecular complexity index is 377. The Morgan fingerprint density at radius 1 is 1.28 bits per heavy atom. The molecule has 3 heteroatoms. The molecule has 1 rings (SSSR count). The van der Waals surface area contributed by atoms with Crippen molar-refractivity contribution >= 4 is 21.6 Å². The lowest BCUT2D eigenvalue weighted by Gasteiger charge is -2.29. The molecule has 2 nitrogen and oxygen atoms in total. The first-order chi connectivity index (χ1) is 8.49. The molecule has 18 heavy (non-hydrogen) atoms. The third-order valence-corrected chi connectivity index (χ3v) is 3.69. The van der Waals surface area contributed by atoms with Crippen molar-refractivity contribution in [1.29, 1.82) is 0 Å². The van der Waals surface area contributed by atoms with Crippen LogP contribution in [0, 0.1) is 5.92 Å². The second-order valence-electron chi connectivity index (χ2n) is 5.15. The fourth-order valence-electron chi connectivity index (χ4n) is 2.15. The van der Waals surface area contributed by atoms with Crippen molar-refractivity contribution in [3.63, 3.8) is 0 Å². The maximum absolute atomic E-state index is 3.57. The van der Waals surface area contributed by atoms with E-state index in [0.717, 1.165) is 17.6 Å². The number of nitrogens with one attached hydrogen (secondary N) is 1. The standard InChI is InChI=1S/C15H25BrN2/c1-6-18(10-11(2)3)15-8-7-13(16)9-14(15)12(4)17-5/h7-9,11-12,17H,6,10H2,1-5H3. The van der Waals surface area contributed by atoms with E-state index in [0.29, 0.717) is 12.0 Å². The number of hydrogen-bond acceptors (Lipinski definition) is 2. The van der Waals surface area contributed by atoms with Gasteiger partial charge in [0.2, 0.25) is 0 Å². The maximum atomic E-state index is 3.57. The summed E-state index contributed by atoms with van der Waals surface area (Å²) in [5.41, 5.74) is 2.70. The molecule has 1 unspecified atom stereocenters. The first kappa shape index (κ1) is 15.5. The van der Waals surface area contributed by atoms with Gasteiger partial charge in [-0.25, -0.2) is 0 Å². The zero-order valence-corrected chi connectivity index (χ0v) is 13.7. The first-order valence-corrected chi connectivity index (χ1v) is 7.50. The first-order valence-electron chi connectivity index (χ1n) is 6.71. The predicted octanol–water partition coefficient (Wildman–Crippen LogP) is 4.21. The highest BCUT2D eigenvalue weighted by Gasteiger charge is 2.15. The number of benzene rings is 1. The van der Waals surface area contributed by atoms with E-state index in [-0.39, 0.29) is 0 Å². The summed E-state index contributed by atoms with van der Waals surface area (Å²) in [7, 11) is 2.01. The highest BCUT2D eigenvalue weighted by Crippen LogP contribution is 2.29. The van der Waals surface area contributed by atoms with E-state index in [1.165, 1.54) is 11.3 Å². The molecule has 0 heterocycles. The zero-order valence-electron chi connectivity index (χ0n) is 12.1. The third kappa shape index (κ3) is 3.99. The summed E-state index contributed by atoms with van der Waals surface area (Å²) in [4.78, 5) is 2.46. The number of halogens is 1. The van der Waals surface area contributed by atoms with Gasteiger partial charge in [0.05, 0.1) is 0 Å². The summed E-state index contributed by atoms with van der Waals surface area (Å²) in [5, 5.41) is 3.33.